The van der Waals surface area contributed by atoms with Gasteiger partial charge in [-0.05, 0) is 61.2 Å². The Hall–Kier alpha value is -1.92. The Kier molecular flexibility index (Phi) is 3.90. The summed E-state index contributed by atoms with van der Waals surface area (Å²) in [7, 11) is -2.12. The maximum Gasteiger partial charge on any atom is 0.241 e. The lowest BCUT2D eigenvalue weighted by Crippen LogP contribution is -2.34. The molecule has 2 aromatic rings. The minimum Gasteiger partial charge on any atom is -0.496 e. The Morgan fingerprint density at radius 3 is 2.30 bits per heavy atom. The largest absolute Gasteiger partial charge is 0.496 e. The second kappa shape index (κ2) is 5.62. The Bertz CT molecular complexity index is 827. The highest BCUT2D eigenvalue weighted by atomic mass is 32.2. The van der Waals surface area contributed by atoms with Crippen molar-refractivity contribution < 1.29 is 17.5 Å². The van der Waals surface area contributed by atoms with E-state index < -0.39 is 15.6 Å². The van der Waals surface area contributed by atoms with Crippen molar-refractivity contribution in [2.75, 3.05) is 7.11 Å². The number of methoxy groups -OCH3 is 1. The van der Waals surface area contributed by atoms with Gasteiger partial charge in [0, 0.05) is 0 Å². The van der Waals surface area contributed by atoms with Gasteiger partial charge in [0.05, 0.1) is 17.5 Å². The first-order chi connectivity index (χ1) is 10.9. The first-order valence-electron chi connectivity index (χ1n) is 7.31. The molecule has 1 N–H and O–H groups in total. The highest BCUT2D eigenvalue weighted by Crippen LogP contribution is 2.46. The minimum absolute atomic E-state index is 0.198. The summed E-state index contributed by atoms with van der Waals surface area (Å²) in [6.07, 6.45) is 1.40. The summed E-state index contributed by atoms with van der Waals surface area (Å²) in [5, 5.41) is 0. The second-order valence-electron chi connectivity index (χ2n) is 5.83. The standard InChI is InChI=1S/C17H18FNO3S/c1-12-11-15(7-8-16(12)22-2)23(20,21)19-17(9-10-17)13-3-5-14(18)6-4-13/h3-8,11,19H,9-10H2,1-2H3. The van der Waals surface area contributed by atoms with Gasteiger partial charge in [0.25, 0.3) is 0 Å². The van der Waals surface area contributed by atoms with Crippen LogP contribution in [0.3, 0.4) is 0 Å². The molecule has 0 heterocycles. The molecule has 1 aliphatic carbocycles. The van der Waals surface area contributed by atoms with Gasteiger partial charge >= 0.3 is 0 Å². The lowest BCUT2D eigenvalue weighted by atomic mass is 10.1. The molecule has 2 aromatic carbocycles. The van der Waals surface area contributed by atoms with Crippen molar-refractivity contribution in [3.63, 3.8) is 0 Å². The Morgan fingerprint density at radius 1 is 1.13 bits per heavy atom. The zero-order valence-corrected chi connectivity index (χ0v) is 13.8. The number of sulfonamides is 1. The summed E-state index contributed by atoms with van der Waals surface area (Å²) in [6.45, 7) is 1.80. The second-order valence-corrected chi connectivity index (χ2v) is 7.51. The average Bonchev–Trinajstić information content (AvgIpc) is 3.27. The van der Waals surface area contributed by atoms with E-state index in [2.05, 4.69) is 4.72 Å². The molecule has 0 saturated heterocycles. The average molecular weight is 335 g/mol. The number of hydrogen-bond donors (Lipinski definition) is 1. The van der Waals surface area contributed by atoms with Crippen molar-refractivity contribution in [2.45, 2.75) is 30.2 Å². The topological polar surface area (TPSA) is 55.4 Å². The summed E-state index contributed by atoms with van der Waals surface area (Å²) < 4.78 is 46.3. The summed E-state index contributed by atoms with van der Waals surface area (Å²) in [5.41, 5.74) is 0.912. The molecule has 0 radical (unpaired) electrons. The maximum atomic E-state index is 13.1. The van der Waals surface area contributed by atoms with Crippen molar-refractivity contribution in [2.24, 2.45) is 0 Å². The minimum atomic E-state index is -3.66. The van der Waals surface area contributed by atoms with Gasteiger partial charge < -0.3 is 4.74 Å². The molecule has 6 heteroatoms. The first-order valence-corrected chi connectivity index (χ1v) is 8.79. The molecule has 0 aromatic heterocycles. The van der Waals surface area contributed by atoms with Crippen LogP contribution in [-0.4, -0.2) is 15.5 Å². The van der Waals surface area contributed by atoms with Crippen LogP contribution in [0.25, 0.3) is 0 Å². The number of benzene rings is 2. The molecule has 3 rings (SSSR count). The molecule has 122 valence electrons. The van der Waals surface area contributed by atoms with E-state index in [0.717, 1.165) is 11.1 Å². The Morgan fingerprint density at radius 2 is 1.78 bits per heavy atom. The van der Waals surface area contributed by atoms with Crippen molar-refractivity contribution in [1.82, 2.24) is 4.72 Å². The fourth-order valence-corrected chi connectivity index (χ4v) is 4.21. The molecule has 0 spiro atoms. The van der Waals surface area contributed by atoms with Crippen molar-refractivity contribution in [1.29, 1.82) is 0 Å². The molecule has 1 aliphatic rings. The third-order valence-electron chi connectivity index (χ3n) is 4.15. The maximum absolute atomic E-state index is 13.1. The zero-order valence-electron chi connectivity index (χ0n) is 13.0. The van der Waals surface area contributed by atoms with Crippen LogP contribution in [0.4, 0.5) is 4.39 Å². The van der Waals surface area contributed by atoms with Crippen LogP contribution < -0.4 is 9.46 Å². The first kappa shape index (κ1) is 16.0. The van der Waals surface area contributed by atoms with Crippen LogP contribution >= 0.6 is 0 Å². The normalized spacial score (nSPS) is 16.1. The quantitative estimate of drug-likeness (QED) is 0.913. The Balaban J connectivity index is 1.89. The molecule has 23 heavy (non-hydrogen) atoms. The molecule has 0 bridgehead atoms. The lowest BCUT2D eigenvalue weighted by Gasteiger charge is -2.18. The molecule has 0 unspecified atom stereocenters. The predicted octanol–water partition coefficient (Wildman–Crippen LogP) is 3.11. The van der Waals surface area contributed by atoms with E-state index in [4.69, 9.17) is 4.74 Å². The number of hydrogen-bond acceptors (Lipinski definition) is 3. The fraction of sp³-hybridized carbons (Fsp3) is 0.294. The van der Waals surface area contributed by atoms with Crippen LogP contribution in [0.5, 0.6) is 5.75 Å². The third kappa shape index (κ3) is 3.09. The molecule has 0 atom stereocenters. The van der Waals surface area contributed by atoms with E-state index in [1.165, 1.54) is 18.2 Å². The van der Waals surface area contributed by atoms with Crippen molar-refractivity contribution >= 4 is 10.0 Å². The van der Waals surface area contributed by atoms with Gasteiger partial charge in [0.15, 0.2) is 0 Å². The monoisotopic (exact) mass is 335 g/mol. The third-order valence-corrected chi connectivity index (χ3v) is 5.69. The Labute approximate surface area is 135 Å². The zero-order chi connectivity index (χ0) is 16.7. The lowest BCUT2D eigenvalue weighted by molar-refractivity contribution is 0.411. The summed E-state index contributed by atoms with van der Waals surface area (Å²) in [6, 6.07) is 10.7. The van der Waals surface area contributed by atoms with Gasteiger partial charge in [0.2, 0.25) is 10.0 Å². The molecule has 0 amide bonds. The number of halogens is 1. The van der Waals surface area contributed by atoms with E-state index in [1.54, 1.807) is 38.3 Å². The number of nitrogens with one attached hydrogen (secondary N) is 1. The van der Waals surface area contributed by atoms with Crippen LogP contribution in [0.15, 0.2) is 47.4 Å². The molecule has 1 fully saturated rings. The summed E-state index contributed by atoms with van der Waals surface area (Å²) in [4.78, 5) is 0.198. The summed E-state index contributed by atoms with van der Waals surface area (Å²) in [5.74, 6) is 0.307. The predicted molar refractivity (Wildman–Crippen MR) is 85.4 cm³/mol. The van der Waals surface area contributed by atoms with Crippen molar-refractivity contribution in [3.05, 3.63) is 59.4 Å². The number of rotatable bonds is 5. The molecular formula is C17H18FNO3S. The van der Waals surface area contributed by atoms with E-state index in [1.807, 2.05) is 0 Å². The van der Waals surface area contributed by atoms with Gasteiger partial charge in [-0.3, -0.25) is 0 Å². The van der Waals surface area contributed by atoms with Crippen LogP contribution in [0.2, 0.25) is 0 Å². The molecule has 0 aliphatic heterocycles. The van der Waals surface area contributed by atoms with Crippen LogP contribution in [0, 0.1) is 12.7 Å². The van der Waals surface area contributed by atoms with Crippen molar-refractivity contribution in [3.8, 4) is 5.75 Å². The van der Waals surface area contributed by atoms with Gasteiger partial charge in [-0.2, -0.15) is 0 Å². The van der Waals surface area contributed by atoms with Crippen LogP contribution in [0.1, 0.15) is 24.0 Å². The SMILES string of the molecule is COc1ccc(S(=O)(=O)NC2(c3ccc(F)cc3)CC2)cc1C. The van der Waals surface area contributed by atoms with Crippen LogP contribution in [-0.2, 0) is 15.6 Å². The van der Waals surface area contributed by atoms with E-state index in [0.29, 0.717) is 18.6 Å². The molecule has 1 saturated carbocycles. The van der Waals surface area contributed by atoms with Gasteiger partial charge in [-0.1, -0.05) is 12.1 Å². The number of ether oxygens (including phenoxy) is 1. The van der Waals surface area contributed by atoms with E-state index in [-0.39, 0.29) is 10.7 Å². The van der Waals surface area contributed by atoms with Gasteiger partial charge in [-0.15, -0.1) is 0 Å². The fourth-order valence-electron chi connectivity index (χ4n) is 2.68. The molecule has 4 nitrogen and oxygen atoms in total. The highest BCUT2D eigenvalue weighted by Gasteiger charge is 2.47. The number of aryl methyl sites for hydroxylation is 1. The van der Waals surface area contributed by atoms with Gasteiger partial charge in [-0.25, -0.2) is 17.5 Å². The van der Waals surface area contributed by atoms with Gasteiger partial charge in [0.1, 0.15) is 11.6 Å². The highest BCUT2D eigenvalue weighted by molar-refractivity contribution is 7.89. The van der Waals surface area contributed by atoms with E-state index >= 15 is 0 Å². The molecular weight excluding hydrogens is 317 g/mol. The smallest absolute Gasteiger partial charge is 0.241 e. The summed E-state index contributed by atoms with van der Waals surface area (Å²) >= 11 is 0. The van der Waals surface area contributed by atoms with E-state index in [9.17, 15) is 12.8 Å².